The molecule has 0 fully saturated rings. The highest BCUT2D eigenvalue weighted by molar-refractivity contribution is 6.00. The van der Waals surface area contributed by atoms with Crippen LogP contribution in [0.1, 0.15) is 90.1 Å². The number of carbonyl (C=O) groups is 3. The highest BCUT2D eigenvalue weighted by Crippen LogP contribution is 2.35. The van der Waals surface area contributed by atoms with E-state index in [4.69, 9.17) is 11.2 Å². The van der Waals surface area contributed by atoms with Gasteiger partial charge in [-0.15, -0.1) is 6.42 Å². The molecule has 7 nitrogen and oxygen atoms in total. The van der Waals surface area contributed by atoms with Gasteiger partial charge in [-0.1, -0.05) is 63.1 Å². The summed E-state index contributed by atoms with van der Waals surface area (Å²) in [5.41, 5.74) is 2.00. The van der Waals surface area contributed by atoms with Gasteiger partial charge in [0, 0.05) is 16.8 Å². The van der Waals surface area contributed by atoms with Crippen molar-refractivity contribution < 1.29 is 19.1 Å². The van der Waals surface area contributed by atoms with Gasteiger partial charge in [-0.05, 0) is 83.6 Å². The summed E-state index contributed by atoms with van der Waals surface area (Å²) in [5.74, 6) is 1.60. The third-order valence-corrected chi connectivity index (χ3v) is 7.01. The van der Waals surface area contributed by atoms with Crippen LogP contribution in [0, 0.1) is 32.1 Å². The molecular formula is C33H45N3O4. The lowest BCUT2D eigenvalue weighted by Crippen LogP contribution is -2.60. The van der Waals surface area contributed by atoms with Crippen molar-refractivity contribution in [2.45, 2.75) is 98.9 Å². The molecule has 2 aromatic rings. The van der Waals surface area contributed by atoms with Crippen LogP contribution in [-0.4, -0.2) is 40.0 Å². The van der Waals surface area contributed by atoms with Crippen molar-refractivity contribution >= 4 is 23.6 Å². The molecule has 0 saturated heterocycles. The van der Waals surface area contributed by atoms with Crippen LogP contribution in [0.3, 0.4) is 0 Å². The Hall–Kier alpha value is -3.79. The van der Waals surface area contributed by atoms with Gasteiger partial charge in [-0.25, -0.2) is 4.79 Å². The first-order valence-electron chi connectivity index (χ1n) is 13.8. The van der Waals surface area contributed by atoms with Crippen LogP contribution in [0.5, 0.6) is 0 Å². The van der Waals surface area contributed by atoms with E-state index < -0.39 is 41.1 Å². The van der Waals surface area contributed by atoms with Crippen LogP contribution in [0.15, 0.2) is 42.5 Å². The molecule has 2 N–H and O–H groups in total. The molecule has 2 atom stereocenters. The maximum Gasteiger partial charge on any atom is 0.408 e. The number of aryl methyl sites for hydroxylation is 2. The number of hydrogen-bond donors (Lipinski definition) is 2. The van der Waals surface area contributed by atoms with E-state index in [-0.39, 0.29) is 5.92 Å². The highest BCUT2D eigenvalue weighted by atomic mass is 16.6. The van der Waals surface area contributed by atoms with E-state index in [2.05, 4.69) is 16.6 Å². The normalized spacial score (nSPS) is 13.2. The van der Waals surface area contributed by atoms with Crippen molar-refractivity contribution in [3.63, 3.8) is 0 Å². The molecule has 216 valence electrons. The number of nitrogens with one attached hydrogen (secondary N) is 2. The molecule has 7 heteroatoms. The molecule has 2 rings (SSSR count). The monoisotopic (exact) mass is 547 g/mol. The second-order valence-electron chi connectivity index (χ2n) is 12.1. The number of benzene rings is 2. The Bertz CT molecular complexity index is 1250. The Morgan fingerprint density at radius 3 is 2.05 bits per heavy atom. The third kappa shape index (κ3) is 7.88. The highest BCUT2D eigenvalue weighted by Gasteiger charge is 2.44. The molecule has 0 aliphatic rings. The zero-order valence-electron chi connectivity index (χ0n) is 25.6. The Morgan fingerprint density at radius 1 is 0.975 bits per heavy atom. The molecule has 0 bridgehead atoms. The second-order valence-corrected chi connectivity index (χ2v) is 12.1. The summed E-state index contributed by atoms with van der Waals surface area (Å²) in [6.07, 6.45) is 5.72. The summed E-state index contributed by atoms with van der Waals surface area (Å²) >= 11 is 0. The second kappa shape index (κ2) is 13.0. The first-order valence-corrected chi connectivity index (χ1v) is 13.8. The zero-order chi connectivity index (χ0) is 30.4. The molecule has 2 unspecified atom stereocenters. The molecule has 0 spiro atoms. The minimum atomic E-state index is -1.07. The van der Waals surface area contributed by atoms with E-state index in [1.54, 1.807) is 49.9 Å². The minimum absolute atomic E-state index is 0.291. The molecule has 0 aliphatic heterocycles. The van der Waals surface area contributed by atoms with Crippen LogP contribution >= 0.6 is 0 Å². The fourth-order valence-electron chi connectivity index (χ4n) is 4.51. The van der Waals surface area contributed by atoms with E-state index in [0.717, 1.165) is 11.1 Å². The number of nitrogens with zero attached hydrogens (tertiary/aromatic N) is 1. The Balaban J connectivity index is 2.74. The number of amides is 3. The molecule has 0 radical (unpaired) electrons. The number of para-hydroxylation sites is 1. The lowest BCUT2D eigenvalue weighted by Gasteiger charge is -2.45. The van der Waals surface area contributed by atoms with Crippen molar-refractivity contribution in [2.75, 3.05) is 5.32 Å². The number of anilines is 1. The quantitative estimate of drug-likeness (QED) is 0.349. The van der Waals surface area contributed by atoms with Gasteiger partial charge in [0.1, 0.15) is 17.7 Å². The summed E-state index contributed by atoms with van der Waals surface area (Å²) in [5, 5.41) is 5.85. The number of ether oxygens (including phenoxy) is 1. The predicted molar refractivity (Wildman–Crippen MR) is 161 cm³/mol. The average Bonchev–Trinajstić information content (AvgIpc) is 2.86. The number of terminal acetylenes is 1. The molecule has 40 heavy (non-hydrogen) atoms. The topological polar surface area (TPSA) is 87.7 Å². The van der Waals surface area contributed by atoms with Gasteiger partial charge in [0.2, 0.25) is 5.91 Å². The maximum atomic E-state index is 14.5. The number of alkyl carbamates (subject to hydrolysis) is 1. The summed E-state index contributed by atoms with van der Waals surface area (Å²) < 4.78 is 5.47. The van der Waals surface area contributed by atoms with Crippen LogP contribution in [-0.2, 0) is 14.3 Å². The van der Waals surface area contributed by atoms with Gasteiger partial charge in [0.25, 0.3) is 5.91 Å². The Morgan fingerprint density at radius 2 is 1.55 bits per heavy atom. The summed E-state index contributed by atoms with van der Waals surface area (Å²) in [6, 6.07) is 10.9. The maximum absolute atomic E-state index is 14.5. The first kappa shape index (κ1) is 32.4. The first-order chi connectivity index (χ1) is 18.5. The van der Waals surface area contributed by atoms with Gasteiger partial charge >= 0.3 is 6.09 Å². The molecule has 2 aromatic carbocycles. The fraction of sp³-hybridized carbons (Fsp3) is 0.485. The van der Waals surface area contributed by atoms with Crippen LogP contribution in [0.25, 0.3) is 0 Å². The summed E-state index contributed by atoms with van der Waals surface area (Å²) in [6.45, 7) is 18.6. The van der Waals surface area contributed by atoms with Crippen LogP contribution in [0.2, 0.25) is 0 Å². The van der Waals surface area contributed by atoms with Crippen molar-refractivity contribution in [1.29, 1.82) is 0 Å². The van der Waals surface area contributed by atoms with E-state index >= 15 is 0 Å². The van der Waals surface area contributed by atoms with E-state index in [9.17, 15) is 14.4 Å². The standard InChI is InChI=1S/C33H45N3O4/c1-12-24-19-14-15-20-25(24)28(29(37)34-27-22(5)17-16-18-23(27)6)36(33(10,11)13-2)30(38)26(21(3)4)35-31(39)40-32(7,8)9/h1,14-21,26,28H,13H2,2-11H3,(H,34,37)(H,35,39). The minimum Gasteiger partial charge on any atom is -0.444 e. The van der Waals surface area contributed by atoms with Crippen molar-refractivity contribution in [3.8, 4) is 12.3 Å². The number of rotatable bonds is 9. The predicted octanol–water partition coefficient (Wildman–Crippen LogP) is 6.53. The molecule has 3 amide bonds. The Kier molecular flexibility index (Phi) is 10.6. The average molecular weight is 548 g/mol. The smallest absolute Gasteiger partial charge is 0.408 e. The van der Waals surface area contributed by atoms with Gasteiger partial charge in [0.15, 0.2) is 0 Å². The fourth-order valence-corrected chi connectivity index (χ4v) is 4.51. The van der Waals surface area contributed by atoms with Gasteiger partial charge in [0.05, 0.1) is 0 Å². The SMILES string of the molecule is C#Cc1ccccc1C(C(=O)Nc1c(C)cccc1C)N(C(=O)C(NC(=O)OC(C)(C)C)C(C)C)C(C)(C)CC. The van der Waals surface area contributed by atoms with E-state index in [1.807, 2.05) is 66.7 Å². The molecule has 0 heterocycles. The Labute approximate surface area is 240 Å². The largest absolute Gasteiger partial charge is 0.444 e. The van der Waals surface area contributed by atoms with Gasteiger partial charge < -0.3 is 20.3 Å². The van der Waals surface area contributed by atoms with Crippen molar-refractivity contribution in [1.82, 2.24) is 10.2 Å². The summed E-state index contributed by atoms with van der Waals surface area (Å²) in [4.78, 5) is 43.2. The zero-order valence-corrected chi connectivity index (χ0v) is 25.6. The third-order valence-electron chi connectivity index (χ3n) is 7.01. The van der Waals surface area contributed by atoms with E-state index in [0.29, 0.717) is 23.2 Å². The lowest BCUT2D eigenvalue weighted by molar-refractivity contribution is -0.148. The van der Waals surface area contributed by atoms with Gasteiger partial charge in [-0.2, -0.15) is 0 Å². The molecule has 0 aromatic heterocycles. The van der Waals surface area contributed by atoms with Crippen molar-refractivity contribution in [2.24, 2.45) is 5.92 Å². The molecule has 0 saturated carbocycles. The number of hydrogen-bond acceptors (Lipinski definition) is 4. The van der Waals surface area contributed by atoms with Crippen LogP contribution < -0.4 is 10.6 Å². The summed E-state index contributed by atoms with van der Waals surface area (Å²) in [7, 11) is 0. The molecule has 0 aliphatic carbocycles. The lowest BCUT2D eigenvalue weighted by atomic mass is 9.89. The van der Waals surface area contributed by atoms with Crippen molar-refractivity contribution in [3.05, 3.63) is 64.7 Å². The van der Waals surface area contributed by atoms with E-state index in [1.165, 1.54) is 0 Å². The van der Waals surface area contributed by atoms with Gasteiger partial charge in [-0.3, -0.25) is 9.59 Å². The van der Waals surface area contributed by atoms with Crippen LogP contribution in [0.4, 0.5) is 10.5 Å². The molecular weight excluding hydrogens is 502 g/mol. The number of carbonyl (C=O) groups excluding carboxylic acids is 3.